The van der Waals surface area contributed by atoms with Gasteiger partial charge in [0.15, 0.2) is 5.82 Å². The molecule has 1 atom stereocenters. The Labute approximate surface area is 154 Å². The molecule has 2 N–H and O–H groups in total. The highest BCUT2D eigenvalue weighted by Gasteiger charge is 2.22. The molecular weight excluding hydrogens is 324 g/mol. The number of aromatic nitrogens is 4. The molecule has 6 nitrogen and oxygen atoms in total. The van der Waals surface area contributed by atoms with E-state index in [1.807, 2.05) is 0 Å². The van der Waals surface area contributed by atoms with Crippen molar-refractivity contribution < 1.29 is 0 Å². The zero-order valence-electron chi connectivity index (χ0n) is 15.3. The SMILES string of the molecule is CCC1CCCCN1c1cnnc(NCCc2c[nH]c3ccccc23)n1. The molecule has 0 spiro atoms. The standard InChI is InChI=1S/C20H26N6/c1-2-16-7-5-6-12-26(16)19-14-23-25-20(24-19)21-11-10-15-13-22-18-9-4-3-8-17(15)18/h3-4,8-9,13-14,16,22H,2,5-7,10-12H2,1H3,(H,21,24,25). The van der Waals surface area contributed by atoms with E-state index in [1.165, 1.54) is 35.7 Å². The average Bonchev–Trinajstić information content (AvgIpc) is 3.11. The van der Waals surface area contributed by atoms with Gasteiger partial charge in [0.25, 0.3) is 0 Å². The number of H-pyrrole nitrogens is 1. The smallest absolute Gasteiger partial charge is 0.244 e. The van der Waals surface area contributed by atoms with E-state index in [1.54, 1.807) is 6.20 Å². The van der Waals surface area contributed by atoms with Crippen molar-refractivity contribution in [3.05, 3.63) is 42.2 Å². The van der Waals surface area contributed by atoms with Gasteiger partial charge in [0.2, 0.25) is 5.95 Å². The molecule has 0 saturated carbocycles. The molecule has 2 aromatic heterocycles. The Morgan fingerprint density at radius 3 is 3.12 bits per heavy atom. The van der Waals surface area contributed by atoms with Gasteiger partial charge in [-0.2, -0.15) is 10.1 Å². The van der Waals surface area contributed by atoms with Crippen LogP contribution in [0.5, 0.6) is 0 Å². The zero-order valence-corrected chi connectivity index (χ0v) is 15.3. The number of piperidine rings is 1. The van der Waals surface area contributed by atoms with Crippen LogP contribution in [-0.2, 0) is 6.42 Å². The Hall–Kier alpha value is -2.63. The molecule has 0 aliphatic carbocycles. The van der Waals surface area contributed by atoms with Crippen LogP contribution < -0.4 is 10.2 Å². The van der Waals surface area contributed by atoms with Gasteiger partial charge < -0.3 is 15.2 Å². The molecule has 1 saturated heterocycles. The van der Waals surface area contributed by atoms with Gasteiger partial charge >= 0.3 is 0 Å². The number of aromatic amines is 1. The van der Waals surface area contributed by atoms with E-state index >= 15 is 0 Å². The molecule has 4 rings (SSSR count). The van der Waals surface area contributed by atoms with E-state index in [9.17, 15) is 0 Å². The number of fused-ring (bicyclic) bond motifs is 1. The van der Waals surface area contributed by atoms with Crippen molar-refractivity contribution in [2.24, 2.45) is 0 Å². The number of rotatable bonds is 6. The van der Waals surface area contributed by atoms with Crippen molar-refractivity contribution in [1.82, 2.24) is 20.2 Å². The summed E-state index contributed by atoms with van der Waals surface area (Å²) in [6, 6.07) is 8.95. The number of nitrogens with zero attached hydrogens (tertiary/aromatic N) is 4. The summed E-state index contributed by atoms with van der Waals surface area (Å²) in [5.74, 6) is 1.56. The number of anilines is 2. The lowest BCUT2D eigenvalue weighted by molar-refractivity contribution is 0.446. The molecule has 136 valence electrons. The van der Waals surface area contributed by atoms with Crippen LogP contribution in [0.3, 0.4) is 0 Å². The summed E-state index contributed by atoms with van der Waals surface area (Å²) < 4.78 is 0. The summed E-state index contributed by atoms with van der Waals surface area (Å²) >= 11 is 0. The van der Waals surface area contributed by atoms with Crippen molar-refractivity contribution in [2.75, 3.05) is 23.3 Å². The highest BCUT2D eigenvalue weighted by atomic mass is 15.3. The fraction of sp³-hybridized carbons (Fsp3) is 0.450. The summed E-state index contributed by atoms with van der Waals surface area (Å²) in [7, 11) is 0. The van der Waals surface area contributed by atoms with Crippen molar-refractivity contribution >= 4 is 22.7 Å². The first-order valence-corrected chi connectivity index (χ1v) is 9.60. The molecule has 1 aromatic carbocycles. The molecule has 1 fully saturated rings. The second-order valence-corrected chi connectivity index (χ2v) is 6.93. The van der Waals surface area contributed by atoms with E-state index < -0.39 is 0 Å². The number of benzene rings is 1. The van der Waals surface area contributed by atoms with Crippen LogP contribution in [0.15, 0.2) is 36.7 Å². The van der Waals surface area contributed by atoms with Crippen molar-refractivity contribution in [3.8, 4) is 0 Å². The van der Waals surface area contributed by atoms with E-state index in [2.05, 4.69) is 62.8 Å². The van der Waals surface area contributed by atoms with Crippen molar-refractivity contribution in [1.29, 1.82) is 0 Å². The Balaban J connectivity index is 1.41. The minimum atomic E-state index is 0.569. The van der Waals surface area contributed by atoms with E-state index in [0.717, 1.165) is 31.7 Å². The quantitative estimate of drug-likeness (QED) is 0.708. The van der Waals surface area contributed by atoms with Gasteiger partial charge in [-0.25, -0.2) is 0 Å². The minimum Gasteiger partial charge on any atom is -0.361 e. The predicted octanol–water partition coefficient (Wildman–Crippen LogP) is 3.78. The summed E-state index contributed by atoms with van der Waals surface area (Å²) in [5.41, 5.74) is 2.48. The number of hydrogen-bond acceptors (Lipinski definition) is 5. The monoisotopic (exact) mass is 350 g/mol. The second-order valence-electron chi connectivity index (χ2n) is 6.93. The molecule has 1 aliphatic heterocycles. The van der Waals surface area contributed by atoms with Crippen LogP contribution in [0, 0.1) is 0 Å². The fourth-order valence-electron chi connectivity index (χ4n) is 3.88. The Kier molecular flexibility index (Phi) is 5.00. The third-order valence-corrected chi connectivity index (χ3v) is 5.29. The van der Waals surface area contributed by atoms with Crippen molar-refractivity contribution in [2.45, 2.75) is 45.1 Å². The van der Waals surface area contributed by atoms with Crippen LogP contribution in [0.2, 0.25) is 0 Å². The lowest BCUT2D eigenvalue weighted by atomic mass is 10.0. The summed E-state index contributed by atoms with van der Waals surface area (Å²) in [4.78, 5) is 10.4. The average molecular weight is 350 g/mol. The van der Waals surface area contributed by atoms with Gasteiger partial charge in [-0.1, -0.05) is 25.1 Å². The predicted molar refractivity (Wildman–Crippen MR) is 106 cm³/mol. The molecular formula is C20H26N6. The van der Waals surface area contributed by atoms with Gasteiger partial charge in [-0.15, -0.1) is 5.10 Å². The van der Waals surface area contributed by atoms with Crippen LogP contribution in [-0.4, -0.2) is 39.3 Å². The maximum absolute atomic E-state index is 4.71. The largest absolute Gasteiger partial charge is 0.361 e. The van der Waals surface area contributed by atoms with Crippen LogP contribution >= 0.6 is 0 Å². The maximum Gasteiger partial charge on any atom is 0.244 e. The minimum absolute atomic E-state index is 0.569. The topological polar surface area (TPSA) is 69.7 Å². The molecule has 0 radical (unpaired) electrons. The second kappa shape index (κ2) is 7.72. The Morgan fingerprint density at radius 1 is 1.27 bits per heavy atom. The van der Waals surface area contributed by atoms with Gasteiger partial charge in [0.1, 0.15) is 0 Å². The molecule has 0 amide bonds. The van der Waals surface area contributed by atoms with E-state index in [-0.39, 0.29) is 0 Å². The highest BCUT2D eigenvalue weighted by molar-refractivity contribution is 5.83. The Bertz CT molecular complexity index is 858. The first kappa shape index (κ1) is 16.8. The molecule has 26 heavy (non-hydrogen) atoms. The van der Waals surface area contributed by atoms with Gasteiger partial charge in [0.05, 0.1) is 6.20 Å². The normalized spacial score (nSPS) is 17.6. The van der Waals surface area contributed by atoms with E-state index in [0.29, 0.717) is 12.0 Å². The third kappa shape index (κ3) is 3.49. The van der Waals surface area contributed by atoms with Crippen LogP contribution in [0.4, 0.5) is 11.8 Å². The van der Waals surface area contributed by atoms with Gasteiger partial charge in [-0.05, 0) is 43.7 Å². The summed E-state index contributed by atoms with van der Waals surface area (Å²) in [5, 5.41) is 12.9. The molecule has 3 aromatic rings. The molecule has 3 heterocycles. The summed E-state index contributed by atoms with van der Waals surface area (Å²) in [6.07, 6.45) is 9.71. The number of hydrogen-bond donors (Lipinski definition) is 2. The Morgan fingerprint density at radius 2 is 2.19 bits per heavy atom. The van der Waals surface area contributed by atoms with Gasteiger partial charge in [0, 0.05) is 36.2 Å². The van der Waals surface area contributed by atoms with E-state index in [4.69, 9.17) is 4.98 Å². The zero-order chi connectivity index (χ0) is 17.8. The number of nitrogens with one attached hydrogen (secondary N) is 2. The molecule has 1 unspecified atom stereocenters. The van der Waals surface area contributed by atoms with Crippen LogP contribution in [0.25, 0.3) is 10.9 Å². The van der Waals surface area contributed by atoms with Crippen molar-refractivity contribution in [3.63, 3.8) is 0 Å². The summed E-state index contributed by atoms with van der Waals surface area (Å²) in [6.45, 7) is 4.09. The fourth-order valence-corrected chi connectivity index (χ4v) is 3.88. The molecule has 6 heteroatoms. The van der Waals surface area contributed by atoms with Crippen LogP contribution in [0.1, 0.15) is 38.2 Å². The highest BCUT2D eigenvalue weighted by Crippen LogP contribution is 2.25. The lowest BCUT2D eigenvalue weighted by Gasteiger charge is -2.35. The first-order valence-electron chi connectivity index (χ1n) is 9.60. The first-order chi connectivity index (χ1) is 12.8. The van der Waals surface area contributed by atoms with Gasteiger partial charge in [-0.3, -0.25) is 0 Å². The third-order valence-electron chi connectivity index (χ3n) is 5.29. The molecule has 0 bridgehead atoms. The lowest BCUT2D eigenvalue weighted by Crippen LogP contribution is -2.39. The maximum atomic E-state index is 4.71. The molecule has 1 aliphatic rings. The number of para-hydroxylation sites is 1.